The molecule has 0 amide bonds. The zero-order chi connectivity index (χ0) is 22.2. The fraction of sp³-hybridized carbons (Fsp3) is 0.0455. The highest BCUT2D eigenvalue weighted by Crippen LogP contribution is 2.28. The summed E-state index contributed by atoms with van der Waals surface area (Å²) in [7, 11) is 0. The predicted octanol–water partition coefficient (Wildman–Crippen LogP) is 3.84. The molecule has 0 aliphatic rings. The van der Waals surface area contributed by atoms with Crippen LogP contribution in [0, 0.1) is 17.5 Å². The Balaban J connectivity index is 1.61. The first-order valence-corrected chi connectivity index (χ1v) is 9.51. The Morgan fingerprint density at radius 3 is 2.50 bits per heavy atom. The number of nitrogens with zero attached hydrogens (tertiary/aromatic N) is 6. The number of hydrogen-bond acceptors (Lipinski definition) is 6. The van der Waals surface area contributed by atoms with Gasteiger partial charge < -0.3 is 5.73 Å². The molecule has 4 heterocycles. The summed E-state index contributed by atoms with van der Waals surface area (Å²) >= 11 is 0. The molecule has 158 valence electrons. The van der Waals surface area contributed by atoms with Gasteiger partial charge in [-0.25, -0.2) is 32.6 Å². The maximum absolute atomic E-state index is 14.2. The van der Waals surface area contributed by atoms with Crippen molar-refractivity contribution in [1.29, 1.82) is 0 Å². The molecule has 4 aromatic heterocycles. The molecular formula is C22H14F3N7. The van der Waals surface area contributed by atoms with Crippen LogP contribution in [-0.4, -0.2) is 29.5 Å². The van der Waals surface area contributed by atoms with E-state index in [2.05, 4.69) is 25.0 Å². The third kappa shape index (κ3) is 3.31. The Morgan fingerprint density at radius 2 is 1.72 bits per heavy atom. The van der Waals surface area contributed by atoms with Crippen molar-refractivity contribution in [2.45, 2.75) is 6.42 Å². The lowest BCUT2D eigenvalue weighted by atomic mass is 10.1. The SMILES string of the molecule is Nc1nc(-c2nc(Cc3c(F)ccc(F)c3F)n3ncccc23)ncc1-c1cccnc1. The average Bonchev–Trinajstić information content (AvgIpc) is 3.18. The molecule has 0 atom stereocenters. The fourth-order valence-corrected chi connectivity index (χ4v) is 3.41. The van der Waals surface area contributed by atoms with E-state index in [1.54, 1.807) is 36.8 Å². The van der Waals surface area contributed by atoms with Gasteiger partial charge in [-0.05, 0) is 30.3 Å². The number of aromatic nitrogens is 6. The highest BCUT2D eigenvalue weighted by molar-refractivity contribution is 5.77. The van der Waals surface area contributed by atoms with Crippen molar-refractivity contribution >= 4 is 11.3 Å². The third-order valence-electron chi connectivity index (χ3n) is 4.95. The molecule has 0 bridgehead atoms. The molecule has 7 nitrogen and oxygen atoms in total. The number of nitrogens with two attached hydrogens (primary N) is 1. The first-order chi connectivity index (χ1) is 15.5. The Bertz CT molecular complexity index is 1450. The molecule has 32 heavy (non-hydrogen) atoms. The van der Waals surface area contributed by atoms with Crippen molar-refractivity contribution in [2.24, 2.45) is 0 Å². The summed E-state index contributed by atoms with van der Waals surface area (Å²) in [4.78, 5) is 17.3. The zero-order valence-corrected chi connectivity index (χ0v) is 16.4. The van der Waals surface area contributed by atoms with Gasteiger partial charge in [0.25, 0.3) is 0 Å². The lowest BCUT2D eigenvalue weighted by Crippen LogP contribution is -2.04. The first-order valence-electron chi connectivity index (χ1n) is 9.51. The minimum atomic E-state index is -1.26. The molecule has 5 aromatic rings. The van der Waals surface area contributed by atoms with Crippen molar-refractivity contribution < 1.29 is 13.2 Å². The summed E-state index contributed by atoms with van der Waals surface area (Å²) in [6, 6.07) is 8.61. The smallest absolute Gasteiger partial charge is 0.182 e. The van der Waals surface area contributed by atoms with Crippen molar-refractivity contribution in [3.8, 4) is 22.6 Å². The van der Waals surface area contributed by atoms with Gasteiger partial charge in [-0.1, -0.05) is 6.07 Å². The van der Waals surface area contributed by atoms with Crippen LogP contribution in [0.25, 0.3) is 28.2 Å². The molecular weight excluding hydrogens is 419 g/mol. The molecule has 5 rings (SSSR count). The van der Waals surface area contributed by atoms with Crippen LogP contribution in [0.5, 0.6) is 0 Å². The highest BCUT2D eigenvalue weighted by Gasteiger charge is 2.21. The minimum Gasteiger partial charge on any atom is -0.383 e. The second-order valence-electron chi connectivity index (χ2n) is 6.93. The van der Waals surface area contributed by atoms with Crippen LogP contribution in [0.2, 0.25) is 0 Å². The molecule has 0 saturated heterocycles. The molecule has 0 radical (unpaired) electrons. The molecule has 10 heteroatoms. The van der Waals surface area contributed by atoms with Crippen LogP contribution in [0.3, 0.4) is 0 Å². The summed E-state index contributed by atoms with van der Waals surface area (Å²) in [6.45, 7) is 0. The predicted molar refractivity (Wildman–Crippen MR) is 111 cm³/mol. The number of rotatable bonds is 4. The number of pyridine rings is 1. The van der Waals surface area contributed by atoms with E-state index in [0.29, 0.717) is 16.8 Å². The van der Waals surface area contributed by atoms with Gasteiger partial charge in [0.05, 0.1) is 5.52 Å². The van der Waals surface area contributed by atoms with Crippen molar-refractivity contribution in [3.05, 3.63) is 90.0 Å². The quantitative estimate of drug-likeness (QED) is 0.433. The second kappa shape index (κ2) is 7.73. The van der Waals surface area contributed by atoms with Crippen LogP contribution >= 0.6 is 0 Å². The van der Waals surface area contributed by atoms with Crippen molar-refractivity contribution in [1.82, 2.24) is 29.5 Å². The van der Waals surface area contributed by atoms with Gasteiger partial charge in [-0.15, -0.1) is 0 Å². The average molecular weight is 433 g/mol. The highest BCUT2D eigenvalue weighted by atomic mass is 19.2. The van der Waals surface area contributed by atoms with Crippen LogP contribution in [-0.2, 0) is 6.42 Å². The van der Waals surface area contributed by atoms with Gasteiger partial charge in [0, 0.05) is 47.9 Å². The number of halogens is 3. The maximum atomic E-state index is 14.2. The maximum Gasteiger partial charge on any atom is 0.182 e. The van der Waals surface area contributed by atoms with E-state index in [0.717, 1.165) is 17.7 Å². The summed E-state index contributed by atoms with van der Waals surface area (Å²) < 4.78 is 43.5. The van der Waals surface area contributed by atoms with Crippen LogP contribution in [0.1, 0.15) is 11.4 Å². The Morgan fingerprint density at radius 1 is 0.906 bits per heavy atom. The van der Waals surface area contributed by atoms with Gasteiger partial charge in [0.15, 0.2) is 17.5 Å². The summed E-state index contributed by atoms with van der Waals surface area (Å²) in [5.74, 6) is -2.65. The van der Waals surface area contributed by atoms with E-state index in [1.165, 1.54) is 10.7 Å². The second-order valence-corrected chi connectivity index (χ2v) is 6.93. The van der Waals surface area contributed by atoms with E-state index in [4.69, 9.17) is 5.73 Å². The number of anilines is 1. The summed E-state index contributed by atoms with van der Waals surface area (Å²) in [6.07, 6.45) is 6.02. The molecule has 0 saturated carbocycles. The van der Waals surface area contributed by atoms with E-state index >= 15 is 0 Å². The molecule has 0 spiro atoms. The number of benzene rings is 1. The van der Waals surface area contributed by atoms with Gasteiger partial charge in [-0.2, -0.15) is 5.10 Å². The Hall–Kier alpha value is -4.34. The van der Waals surface area contributed by atoms with Crippen LogP contribution < -0.4 is 5.73 Å². The Kier molecular flexibility index (Phi) is 4.74. The first kappa shape index (κ1) is 19.6. The van der Waals surface area contributed by atoms with Crippen LogP contribution in [0.4, 0.5) is 19.0 Å². The van der Waals surface area contributed by atoms with Crippen LogP contribution in [0.15, 0.2) is 61.2 Å². The zero-order valence-electron chi connectivity index (χ0n) is 16.4. The molecule has 2 N–H and O–H groups in total. The normalized spacial score (nSPS) is 11.2. The summed E-state index contributed by atoms with van der Waals surface area (Å²) in [5.41, 5.74) is 7.90. The van der Waals surface area contributed by atoms with Gasteiger partial charge in [0.2, 0.25) is 0 Å². The van der Waals surface area contributed by atoms with E-state index in [-0.39, 0.29) is 23.9 Å². The topological polar surface area (TPSA) is 94.9 Å². The van der Waals surface area contributed by atoms with Gasteiger partial charge in [0.1, 0.15) is 23.2 Å². The molecule has 1 aromatic carbocycles. The van der Waals surface area contributed by atoms with Crippen molar-refractivity contribution in [2.75, 3.05) is 5.73 Å². The number of fused-ring (bicyclic) bond motifs is 1. The number of imidazole rings is 1. The van der Waals surface area contributed by atoms with E-state index < -0.39 is 23.0 Å². The van der Waals surface area contributed by atoms with E-state index in [9.17, 15) is 13.2 Å². The molecule has 0 unspecified atom stereocenters. The molecule has 0 aliphatic carbocycles. The standard InChI is InChI=1S/C22H14F3N7/c23-15-5-6-16(24)19(25)13(15)9-18-30-20(17-4-2-8-29-32(17)18)22-28-11-14(21(26)31-22)12-3-1-7-27-10-12/h1-8,10-11H,9H2,(H2,26,28,31). The third-order valence-corrected chi connectivity index (χ3v) is 4.95. The van der Waals surface area contributed by atoms with Gasteiger partial charge >= 0.3 is 0 Å². The number of hydrogen-bond donors (Lipinski definition) is 1. The van der Waals surface area contributed by atoms with E-state index in [1.807, 2.05) is 6.07 Å². The lowest BCUT2D eigenvalue weighted by Gasteiger charge is -2.05. The number of nitrogen functional groups attached to an aromatic ring is 1. The Labute approximate surface area is 179 Å². The van der Waals surface area contributed by atoms with Gasteiger partial charge in [-0.3, -0.25) is 4.98 Å². The molecule has 0 fully saturated rings. The monoisotopic (exact) mass is 433 g/mol. The van der Waals surface area contributed by atoms with Crippen molar-refractivity contribution in [3.63, 3.8) is 0 Å². The molecule has 0 aliphatic heterocycles. The summed E-state index contributed by atoms with van der Waals surface area (Å²) in [5, 5.41) is 4.21. The lowest BCUT2D eigenvalue weighted by molar-refractivity contribution is 0.481. The fourth-order valence-electron chi connectivity index (χ4n) is 3.41. The minimum absolute atomic E-state index is 0.192. The largest absolute Gasteiger partial charge is 0.383 e.